The highest BCUT2D eigenvalue weighted by Crippen LogP contribution is 2.27. The first-order valence-electron chi connectivity index (χ1n) is 7.12. The molecule has 0 spiro atoms. The molecule has 1 heterocycles. The Morgan fingerprint density at radius 3 is 2.48 bits per heavy atom. The molecular weight excluding hydrogens is 346 g/mol. The molecule has 0 unspecified atom stereocenters. The number of nitrogens with zero attached hydrogens (tertiary/aromatic N) is 2. The third-order valence-corrected chi connectivity index (χ3v) is 4.88. The van der Waals surface area contributed by atoms with Crippen LogP contribution in [0.1, 0.15) is 30.9 Å². The second-order valence-corrected chi connectivity index (χ2v) is 6.58. The van der Waals surface area contributed by atoms with Crippen LogP contribution in [0.5, 0.6) is 0 Å². The van der Waals surface area contributed by atoms with Gasteiger partial charge >= 0.3 is 0 Å². The Kier molecular flexibility index (Phi) is 6.06. The van der Waals surface area contributed by atoms with Crippen molar-refractivity contribution in [3.05, 3.63) is 45.8 Å². The maximum absolute atomic E-state index is 4.65. The number of thioether (sulfide) groups is 1. The van der Waals surface area contributed by atoms with Gasteiger partial charge in [0, 0.05) is 11.4 Å². The molecule has 0 aliphatic rings. The molecule has 0 radical (unpaired) electrons. The first kappa shape index (κ1) is 16.3. The van der Waals surface area contributed by atoms with Crippen LogP contribution >= 0.6 is 27.7 Å². The van der Waals surface area contributed by atoms with Crippen molar-refractivity contribution in [2.75, 3.05) is 11.9 Å². The van der Waals surface area contributed by atoms with Crippen LogP contribution < -0.4 is 5.32 Å². The summed E-state index contributed by atoms with van der Waals surface area (Å²) < 4.78 is 0.982. The van der Waals surface area contributed by atoms with E-state index in [1.54, 1.807) is 11.8 Å². The van der Waals surface area contributed by atoms with Crippen LogP contribution in [0.15, 0.2) is 33.6 Å². The highest BCUT2D eigenvalue weighted by atomic mass is 79.9. The van der Waals surface area contributed by atoms with Crippen LogP contribution in [0.4, 0.5) is 5.82 Å². The number of aromatic nitrogens is 2. The molecular formula is C16H20BrN3S. The predicted molar refractivity (Wildman–Crippen MR) is 94.0 cm³/mol. The van der Waals surface area contributed by atoms with E-state index in [0.29, 0.717) is 0 Å². The van der Waals surface area contributed by atoms with Gasteiger partial charge < -0.3 is 5.32 Å². The average Bonchev–Trinajstić information content (AvgIpc) is 2.49. The lowest BCUT2D eigenvalue weighted by atomic mass is 10.2. The summed E-state index contributed by atoms with van der Waals surface area (Å²) in [7, 11) is 0. The molecule has 0 amide bonds. The second-order valence-electron chi connectivity index (χ2n) is 4.73. The summed E-state index contributed by atoms with van der Waals surface area (Å²) in [6.07, 6.45) is 0.893. The minimum absolute atomic E-state index is 0.779. The minimum atomic E-state index is 0.779. The van der Waals surface area contributed by atoms with E-state index in [1.165, 1.54) is 10.5 Å². The zero-order valence-corrected chi connectivity index (χ0v) is 15.0. The van der Waals surface area contributed by atoms with Gasteiger partial charge in [0.15, 0.2) is 0 Å². The monoisotopic (exact) mass is 365 g/mol. The predicted octanol–water partition coefficient (Wildman–Crippen LogP) is 4.83. The van der Waals surface area contributed by atoms with Crippen molar-refractivity contribution in [2.24, 2.45) is 0 Å². The van der Waals surface area contributed by atoms with Crippen molar-refractivity contribution < 1.29 is 0 Å². The molecule has 21 heavy (non-hydrogen) atoms. The number of halogens is 1. The van der Waals surface area contributed by atoms with Crippen molar-refractivity contribution in [3.8, 4) is 0 Å². The van der Waals surface area contributed by atoms with Crippen molar-refractivity contribution in [3.63, 3.8) is 0 Å². The maximum atomic E-state index is 4.65. The third-order valence-electron chi connectivity index (χ3n) is 3.03. The van der Waals surface area contributed by atoms with E-state index >= 15 is 0 Å². The van der Waals surface area contributed by atoms with Gasteiger partial charge in [-0.25, -0.2) is 9.97 Å². The van der Waals surface area contributed by atoms with E-state index in [9.17, 15) is 0 Å². The molecule has 2 aromatic rings. The topological polar surface area (TPSA) is 37.8 Å². The number of hydrogen-bond acceptors (Lipinski definition) is 4. The molecule has 1 aromatic carbocycles. The summed E-state index contributed by atoms with van der Waals surface area (Å²) in [5, 5.41) is 3.29. The van der Waals surface area contributed by atoms with Crippen LogP contribution in [0.25, 0.3) is 0 Å². The molecule has 0 fully saturated rings. The van der Waals surface area contributed by atoms with Crippen LogP contribution in [0.2, 0.25) is 0 Å². The van der Waals surface area contributed by atoms with Crippen molar-refractivity contribution in [1.29, 1.82) is 0 Å². The fourth-order valence-corrected chi connectivity index (χ4v) is 3.26. The average molecular weight is 366 g/mol. The zero-order valence-electron chi connectivity index (χ0n) is 12.6. The lowest BCUT2D eigenvalue weighted by Crippen LogP contribution is -2.07. The quantitative estimate of drug-likeness (QED) is 0.743. The lowest BCUT2D eigenvalue weighted by molar-refractivity contribution is 0.924. The van der Waals surface area contributed by atoms with Gasteiger partial charge in [-0.1, -0.05) is 24.6 Å². The summed E-state index contributed by atoms with van der Waals surface area (Å²) in [5.41, 5.74) is 2.34. The first-order valence-corrected chi connectivity index (χ1v) is 8.90. The van der Waals surface area contributed by atoms with Crippen LogP contribution in [-0.2, 0) is 12.2 Å². The Morgan fingerprint density at radius 2 is 1.86 bits per heavy atom. The lowest BCUT2D eigenvalue weighted by Gasteiger charge is -2.11. The molecule has 0 saturated carbocycles. The summed E-state index contributed by atoms with van der Waals surface area (Å²) in [6, 6.07) is 8.55. The van der Waals surface area contributed by atoms with E-state index in [2.05, 4.69) is 76.3 Å². The van der Waals surface area contributed by atoms with E-state index in [4.69, 9.17) is 0 Å². The summed E-state index contributed by atoms with van der Waals surface area (Å²) in [6.45, 7) is 7.13. The highest BCUT2D eigenvalue weighted by Gasteiger charge is 2.10. The SMILES string of the molecule is CCNc1nc(CSc2ccc(C)cc2)nc(CC)c1Br. The van der Waals surface area contributed by atoms with Crippen LogP contribution in [0.3, 0.4) is 0 Å². The van der Waals surface area contributed by atoms with Crippen molar-refractivity contribution in [1.82, 2.24) is 9.97 Å². The number of anilines is 1. The standard InChI is InChI=1S/C16H20BrN3S/c1-4-13-15(17)16(18-5-2)20-14(19-13)10-21-12-8-6-11(3)7-9-12/h6-9H,4-5,10H2,1-3H3,(H,18,19,20). The van der Waals surface area contributed by atoms with Gasteiger partial charge in [0.05, 0.1) is 15.9 Å². The molecule has 5 heteroatoms. The third kappa shape index (κ3) is 4.45. The van der Waals surface area contributed by atoms with E-state index in [-0.39, 0.29) is 0 Å². The van der Waals surface area contributed by atoms with Gasteiger partial charge in [-0.3, -0.25) is 0 Å². The number of nitrogens with one attached hydrogen (secondary N) is 1. The molecule has 0 aliphatic carbocycles. The van der Waals surface area contributed by atoms with Crippen LogP contribution in [0, 0.1) is 6.92 Å². The number of hydrogen-bond donors (Lipinski definition) is 1. The Labute approximate surface area is 139 Å². The number of aryl methyl sites for hydroxylation is 2. The fourth-order valence-electron chi connectivity index (χ4n) is 1.91. The normalized spacial score (nSPS) is 10.7. The number of rotatable bonds is 6. The van der Waals surface area contributed by atoms with Crippen molar-refractivity contribution in [2.45, 2.75) is 37.8 Å². The second kappa shape index (κ2) is 7.80. The maximum Gasteiger partial charge on any atom is 0.144 e. The highest BCUT2D eigenvalue weighted by molar-refractivity contribution is 9.10. The van der Waals surface area contributed by atoms with Crippen LogP contribution in [-0.4, -0.2) is 16.5 Å². The molecule has 0 aliphatic heterocycles. The van der Waals surface area contributed by atoms with Gasteiger partial charge in [0.2, 0.25) is 0 Å². The molecule has 0 atom stereocenters. The molecule has 1 N–H and O–H groups in total. The van der Waals surface area contributed by atoms with Gasteiger partial charge in [-0.2, -0.15) is 0 Å². The Bertz CT molecular complexity index is 599. The molecule has 2 rings (SSSR count). The minimum Gasteiger partial charge on any atom is -0.369 e. The van der Waals surface area contributed by atoms with E-state index in [0.717, 1.165) is 40.5 Å². The van der Waals surface area contributed by atoms with Gasteiger partial charge in [-0.05, 0) is 48.3 Å². The van der Waals surface area contributed by atoms with Gasteiger partial charge in [0.1, 0.15) is 11.6 Å². The molecule has 3 nitrogen and oxygen atoms in total. The molecule has 0 bridgehead atoms. The Balaban J connectivity index is 2.15. The summed E-state index contributed by atoms with van der Waals surface area (Å²) >= 11 is 5.35. The van der Waals surface area contributed by atoms with Gasteiger partial charge in [-0.15, -0.1) is 11.8 Å². The van der Waals surface area contributed by atoms with Gasteiger partial charge in [0.25, 0.3) is 0 Å². The summed E-state index contributed by atoms with van der Waals surface area (Å²) in [5.74, 6) is 2.54. The zero-order chi connectivity index (χ0) is 15.2. The summed E-state index contributed by atoms with van der Waals surface area (Å²) in [4.78, 5) is 10.5. The Hall–Kier alpha value is -1.07. The molecule has 112 valence electrons. The number of benzene rings is 1. The largest absolute Gasteiger partial charge is 0.369 e. The van der Waals surface area contributed by atoms with E-state index < -0.39 is 0 Å². The smallest absolute Gasteiger partial charge is 0.144 e. The Morgan fingerprint density at radius 1 is 1.14 bits per heavy atom. The molecule has 0 saturated heterocycles. The first-order chi connectivity index (χ1) is 10.1. The van der Waals surface area contributed by atoms with Crippen molar-refractivity contribution >= 4 is 33.5 Å². The van der Waals surface area contributed by atoms with E-state index in [1.807, 2.05) is 0 Å². The fraction of sp³-hybridized carbons (Fsp3) is 0.375. The molecule has 1 aromatic heterocycles.